The van der Waals surface area contributed by atoms with E-state index >= 15 is 0 Å². The second-order valence-electron chi connectivity index (χ2n) is 4.45. The number of carbonyl (C=O) groups is 1. The number of alkyl halides is 3. The van der Waals surface area contributed by atoms with E-state index in [9.17, 15) is 18.0 Å². The highest BCUT2D eigenvalue weighted by atomic mass is 19.4. The van der Waals surface area contributed by atoms with Crippen molar-refractivity contribution in [1.29, 1.82) is 0 Å². The van der Waals surface area contributed by atoms with Gasteiger partial charge in [-0.05, 0) is 36.8 Å². The van der Waals surface area contributed by atoms with Gasteiger partial charge in [0.1, 0.15) is 5.69 Å². The van der Waals surface area contributed by atoms with E-state index < -0.39 is 17.8 Å². The maximum Gasteiger partial charge on any atom is 0.433 e. The molecule has 4 nitrogen and oxygen atoms in total. The first-order valence-electron chi connectivity index (χ1n) is 5.98. The molecule has 0 atom stereocenters. The second kappa shape index (κ2) is 5.43. The topological polar surface area (TPSA) is 68.0 Å². The van der Waals surface area contributed by atoms with Gasteiger partial charge in [-0.2, -0.15) is 13.2 Å². The molecule has 0 fully saturated rings. The number of nitrogens with two attached hydrogens (primary N) is 1. The minimum absolute atomic E-state index is 0.128. The third-order valence-electron chi connectivity index (χ3n) is 2.85. The highest BCUT2D eigenvalue weighted by Crippen LogP contribution is 2.28. The summed E-state index contributed by atoms with van der Waals surface area (Å²) in [5.41, 5.74) is 6.20. The molecule has 3 N–H and O–H groups in total. The van der Waals surface area contributed by atoms with Gasteiger partial charge in [-0.1, -0.05) is 6.07 Å². The molecule has 0 radical (unpaired) electrons. The summed E-state index contributed by atoms with van der Waals surface area (Å²) in [5, 5.41) is 2.49. The fraction of sp³-hybridized carbons (Fsp3) is 0.143. The van der Waals surface area contributed by atoms with E-state index in [1.165, 1.54) is 6.07 Å². The standard InChI is InChI=1S/C14H12F3N3O/c1-8-2-3-10(7-11(8)18)20-13(21)9-4-5-19-12(6-9)14(15,16)17/h2-7H,18H2,1H3,(H,20,21). The molecule has 0 spiro atoms. The molecule has 1 amide bonds. The summed E-state index contributed by atoms with van der Waals surface area (Å²) in [4.78, 5) is 15.1. The van der Waals surface area contributed by atoms with Gasteiger partial charge in [-0.25, -0.2) is 0 Å². The zero-order valence-corrected chi connectivity index (χ0v) is 11.0. The molecular formula is C14H12F3N3O. The summed E-state index contributed by atoms with van der Waals surface area (Å²) in [6.07, 6.45) is -3.65. The molecule has 0 aliphatic rings. The van der Waals surface area contributed by atoms with Crippen molar-refractivity contribution < 1.29 is 18.0 Å². The molecule has 1 aromatic heterocycles. The maximum atomic E-state index is 12.5. The fourth-order valence-electron chi connectivity index (χ4n) is 1.65. The first kappa shape index (κ1) is 14.8. The van der Waals surface area contributed by atoms with Crippen LogP contribution >= 0.6 is 0 Å². The van der Waals surface area contributed by atoms with Crippen molar-refractivity contribution in [3.8, 4) is 0 Å². The molecule has 1 aromatic carbocycles. The molecule has 0 saturated carbocycles. The van der Waals surface area contributed by atoms with Crippen LogP contribution < -0.4 is 11.1 Å². The Morgan fingerprint density at radius 3 is 2.57 bits per heavy atom. The predicted molar refractivity (Wildman–Crippen MR) is 72.8 cm³/mol. The molecule has 110 valence electrons. The molecule has 0 aliphatic carbocycles. The van der Waals surface area contributed by atoms with Gasteiger partial charge in [-0.15, -0.1) is 0 Å². The lowest BCUT2D eigenvalue weighted by atomic mass is 10.1. The number of halogens is 3. The number of nitrogens with zero attached hydrogens (tertiary/aromatic N) is 1. The van der Waals surface area contributed by atoms with Gasteiger partial charge in [0.25, 0.3) is 5.91 Å². The van der Waals surface area contributed by atoms with Gasteiger partial charge in [0.2, 0.25) is 0 Å². The predicted octanol–water partition coefficient (Wildman–Crippen LogP) is 3.24. The second-order valence-corrected chi connectivity index (χ2v) is 4.45. The van der Waals surface area contributed by atoms with Crippen LogP contribution in [0, 0.1) is 6.92 Å². The number of carbonyl (C=O) groups excluding carboxylic acids is 1. The Labute approximate surface area is 118 Å². The van der Waals surface area contributed by atoms with E-state index in [1.54, 1.807) is 25.1 Å². The van der Waals surface area contributed by atoms with Crippen LogP contribution in [0.1, 0.15) is 21.6 Å². The van der Waals surface area contributed by atoms with E-state index in [4.69, 9.17) is 5.73 Å². The number of hydrogen-bond donors (Lipinski definition) is 2. The number of benzene rings is 1. The van der Waals surface area contributed by atoms with Crippen molar-refractivity contribution in [3.05, 3.63) is 53.3 Å². The number of aromatic nitrogens is 1. The Balaban J connectivity index is 2.22. The number of pyridine rings is 1. The molecule has 0 aliphatic heterocycles. The van der Waals surface area contributed by atoms with E-state index in [0.29, 0.717) is 17.4 Å². The maximum absolute atomic E-state index is 12.5. The lowest BCUT2D eigenvalue weighted by molar-refractivity contribution is -0.141. The van der Waals surface area contributed by atoms with Crippen LogP contribution in [0.5, 0.6) is 0 Å². The molecule has 2 rings (SSSR count). The van der Waals surface area contributed by atoms with E-state index in [-0.39, 0.29) is 5.56 Å². The van der Waals surface area contributed by atoms with Gasteiger partial charge < -0.3 is 11.1 Å². The summed E-state index contributed by atoms with van der Waals surface area (Å²) >= 11 is 0. The summed E-state index contributed by atoms with van der Waals surface area (Å²) in [5.74, 6) is -0.661. The average molecular weight is 295 g/mol. The summed E-state index contributed by atoms with van der Waals surface area (Å²) in [6, 6.07) is 6.78. The molecule has 2 aromatic rings. The minimum atomic E-state index is -4.59. The van der Waals surface area contributed by atoms with Crippen molar-refractivity contribution in [1.82, 2.24) is 4.98 Å². The lowest BCUT2D eigenvalue weighted by Gasteiger charge is -2.09. The van der Waals surface area contributed by atoms with Crippen molar-refractivity contribution >= 4 is 17.3 Å². The van der Waals surface area contributed by atoms with Crippen molar-refractivity contribution in [2.24, 2.45) is 0 Å². The van der Waals surface area contributed by atoms with Gasteiger partial charge >= 0.3 is 6.18 Å². The zero-order valence-electron chi connectivity index (χ0n) is 11.0. The Morgan fingerprint density at radius 2 is 1.95 bits per heavy atom. The van der Waals surface area contributed by atoms with Crippen LogP contribution in [-0.4, -0.2) is 10.9 Å². The quantitative estimate of drug-likeness (QED) is 0.836. The highest BCUT2D eigenvalue weighted by molar-refractivity contribution is 6.04. The zero-order chi connectivity index (χ0) is 15.6. The Kier molecular flexibility index (Phi) is 3.84. The summed E-state index contributed by atoms with van der Waals surface area (Å²) in [7, 11) is 0. The molecule has 21 heavy (non-hydrogen) atoms. The van der Waals surface area contributed by atoms with Crippen LogP contribution in [0.3, 0.4) is 0 Å². The van der Waals surface area contributed by atoms with Crippen LogP contribution in [0.2, 0.25) is 0 Å². The van der Waals surface area contributed by atoms with E-state index in [1.807, 2.05) is 0 Å². The van der Waals surface area contributed by atoms with Crippen LogP contribution in [0.25, 0.3) is 0 Å². The monoisotopic (exact) mass is 295 g/mol. The van der Waals surface area contributed by atoms with Crippen LogP contribution in [0.4, 0.5) is 24.5 Å². The first-order valence-corrected chi connectivity index (χ1v) is 5.98. The minimum Gasteiger partial charge on any atom is -0.398 e. The average Bonchev–Trinajstić information content (AvgIpc) is 2.42. The van der Waals surface area contributed by atoms with E-state index in [0.717, 1.165) is 11.8 Å². The lowest BCUT2D eigenvalue weighted by Crippen LogP contribution is -2.15. The van der Waals surface area contributed by atoms with Crippen LogP contribution in [0.15, 0.2) is 36.5 Å². The summed E-state index contributed by atoms with van der Waals surface area (Å²) < 4.78 is 37.6. The molecule has 0 unspecified atom stereocenters. The van der Waals surface area contributed by atoms with Gasteiger partial charge in [0, 0.05) is 23.1 Å². The molecule has 0 saturated heterocycles. The third kappa shape index (κ3) is 3.50. The fourth-order valence-corrected chi connectivity index (χ4v) is 1.65. The highest BCUT2D eigenvalue weighted by Gasteiger charge is 2.32. The van der Waals surface area contributed by atoms with Crippen molar-refractivity contribution in [3.63, 3.8) is 0 Å². The normalized spacial score (nSPS) is 11.2. The third-order valence-corrected chi connectivity index (χ3v) is 2.85. The SMILES string of the molecule is Cc1ccc(NC(=O)c2ccnc(C(F)(F)F)c2)cc1N. The number of nitrogens with one attached hydrogen (secondary N) is 1. The largest absolute Gasteiger partial charge is 0.433 e. The number of rotatable bonds is 2. The van der Waals surface area contributed by atoms with Crippen molar-refractivity contribution in [2.75, 3.05) is 11.1 Å². The van der Waals surface area contributed by atoms with Crippen molar-refractivity contribution in [2.45, 2.75) is 13.1 Å². The molecule has 0 bridgehead atoms. The Bertz CT molecular complexity index is 683. The Hall–Kier alpha value is -2.57. The van der Waals surface area contributed by atoms with E-state index in [2.05, 4.69) is 10.3 Å². The van der Waals surface area contributed by atoms with Gasteiger partial charge in [0.15, 0.2) is 0 Å². The number of nitrogen functional groups attached to an aromatic ring is 1. The van der Waals surface area contributed by atoms with Crippen LogP contribution in [-0.2, 0) is 6.18 Å². The number of hydrogen-bond acceptors (Lipinski definition) is 3. The number of anilines is 2. The molecule has 1 heterocycles. The number of amides is 1. The molecular weight excluding hydrogens is 283 g/mol. The first-order chi connectivity index (χ1) is 9.77. The van der Waals surface area contributed by atoms with Gasteiger partial charge in [0.05, 0.1) is 0 Å². The Morgan fingerprint density at radius 1 is 1.24 bits per heavy atom. The summed E-state index contributed by atoms with van der Waals surface area (Å²) in [6.45, 7) is 1.80. The number of aryl methyl sites for hydroxylation is 1. The van der Waals surface area contributed by atoms with Gasteiger partial charge in [-0.3, -0.25) is 9.78 Å². The smallest absolute Gasteiger partial charge is 0.398 e. The molecule has 7 heteroatoms.